The summed E-state index contributed by atoms with van der Waals surface area (Å²) in [7, 11) is -3.25. The van der Waals surface area contributed by atoms with Crippen LogP contribution in [0.15, 0.2) is 6.33 Å². The molecule has 0 aliphatic carbocycles. The number of sulfonamides is 1. The Morgan fingerprint density at radius 1 is 1.19 bits per heavy atom. The van der Waals surface area contributed by atoms with Gasteiger partial charge in [-0.05, 0) is 27.2 Å². The van der Waals surface area contributed by atoms with Gasteiger partial charge in [0.2, 0.25) is 10.0 Å². The molecule has 0 atom stereocenters. The van der Waals surface area contributed by atoms with Crippen LogP contribution in [0.5, 0.6) is 0 Å². The van der Waals surface area contributed by atoms with Crippen molar-refractivity contribution in [1.29, 1.82) is 0 Å². The van der Waals surface area contributed by atoms with E-state index in [-0.39, 0.29) is 0 Å². The minimum absolute atomic E-state index is 0.422. The van der Waals surface area contributed by atoms with Crippen LogP contribution in [0.25, 0.3) is 0 Å². The molecule has 0 saturated carbocycles. The van der Waals surface area contributed by atoms with E-state index in [4.69, 9.17) is 0 Å². The Labute approximate surface area is 127 Å². The monoisotopic (exact) mass is 315 g/mol. The molecular formula is C13H25N5O2S. The van der Waals surface area contributed by atoms with Crippen molar-refractivity contribution in [2.45, 2.75) is 39.7 Å². The zero-order chi connectivity index (χ0) is 16.1. The first-order chi connectivity index (χ1) is 9.64. The molecule has 21 heavy (non-hydrogen) atoms. The first-order valence-corrected chi connectivity index (χ1v) is 8.82. The molecule has 0 aliphatic heterocycles. The summed E-state index contributed by atoms with van der Waals surface area (Å²) >= 11 is 0. The number of nitrogens with one attached hydrogen (secondary N) is 3. The number of aromatic nitrogens is 2. The average molecular weight is 315 g/mol. The predicted octanol–water partition coefficient (Wildman–Crippen LogP) is 1.35. The van der Waals surface area contributed by atoms with Crippen LogP contribution in [-0.2, 0) is 10.0 Å². The minimum atomic E-state index is -3.25. The standard InChI is InChI=1S/C13H25N5O2S/c1-6-7-14-11-10(2)12(17-9-16-11)15-8-13(3,4)18-21(5,19)20/h9,18H,6-8H2,1-5H3,(H2,14,15,16,17). The molecule has 120 valence electrons. The van der Waals surface area contributed by atoms with Crippen molar-refractivity contribution >= 4 is 21.7 Å². The van der Waals surface area contributed by atoms with E-state index >= 15 is 0 Å². The number of rotatable bonds is 8. The van der Waals surface area contributed by atoms with E-state index in [1.54, 1.807) is 0 Å². The van der Waals surface area contributed by atoms with Crippen LogP contribution in [0.2, 0.25) is 0 Å². The van der Waals surface area contributed by atoms with Crippen LogP contribution in [0.3, 0.4) is 0 Å². The molecular weight excluding hydrogens is 290 g/mol. The predicted molar refractivity (Wildman–Crippen MR) is 86.1 cm³/mol. The summed E-state index contributed by atoms with van der Waals surface area (Å²) < 4.78 is 25.2. The number of hydrogen-bond acceptors (Lipinski definition) is 6. The second-order valence-corrected chi connectivity index (χ2v) is 7.48. The maximum absolute atomic E-state index is 11.3. The van der Waals surface area contributed by atoms with E-state index < -0.39 is 15.6 Å². The second-order valence-electron chi connectivity index (χ2n) is 5.73. The summed E-state index contributed by atoms with van der Waals surface area (Å²) in [5, 5.41) is 6.41. The van der Waals surface area contributed by atoms with Gasteiger partial charge in [0.25, 0.3) is 0 Å². The van der Waals surface area contributed by atoms with E-state index in [0.717, 1.165) is 30.6 Å². The lowest BCUT2D eigenvalue weighted by Crippen LogP contribution is -2.47. The lowest BCUT2D eigenvalue weighted by molar-refractivity contribution is 0.475. The Bertz CT molecular complexity index is 572. The van der Waals surface area contributed by atoms with Gasteiger partial charge in [-0.2, -0.15) is 0 Å². The highest BCUT2D eigenvalue weighted by Crippen LogP contribution is 2.19. The van der Waals surface area contributed by atoms with Crippen molar-refractivity contribution in [3.63, 3.8) is 0 Å². The van der Waals surface area contributed by atoms with E-state index in [2.05, 4.69) is 32.2 Å². The smallest absolute Gasteiger partial charge is 0.209 e. The SMILES string of the molecule is CCCNc1ncnc(NCC(C)(C)NS(C)(=O)=O)c1C. The molecule has 0 bridgehead atoms. The molecule has 1 heterocycles. The zero-order valence-corrected chi connectivity index (χ0v) is 14.1. The summed E-state index contributed by atoms with van der Waals surface area (Å²) in [6, 6.07) is 0. The highest BCUT2D eigenvalue weighted by atomic mass is 32.2. The van der Waals surface area contributed by atoms with Gasteiger partial charge < -0.3 is 10.6 Å². The van der Waals surface area contributed by atoms with Gasteiger partial charge in [0.05, 0.1) is 6.26 Å². The van der Waals surface area contributed by atoms with Gasteiger partial charge in [0.15, 0.2) is 0 Å². The molecule has 0 aliphatic rings. The molecule has 0 saturated heterocycles. The van der Waals surface area contributed by atoms with Gasteiger partial charge in [0, 0.05) is 24.2 Å². The fraction of sp³-hybridized carbons (Fsp3) is 0.692. The molecule has 8 heteroatoms. The van der Waals surface area contributed by atoms with Crippen LogP contribution in [0.1, 0.15) is 32.8 Å². The summed E-state index contributed by atoms with van der Waals surface area (Å²) in [6.45, 7) is 8.91. The quantitative estimate of drug-likeness (QED) is 0.670. The third-order valence-corrected chi connectivity index (χ3v) is 3.71. The molecule has 1 rings (SSSR count). The fourth-order valence-corrected chi connectivity index (χ4v) is 2.97. The zero-order valence-electron chi connectivity index (χ0n) is 13.3. The molecule has 0 fully saturated rings. The lowest BCUT2D eigenvalue weighted by atomic mass is 10.1. The molecule has 7 nitrogen and oxygen atoms in total. The van der Waals surface area contributed by atoms with E-state index in [1.165, 1.54) is 6.33 Å². The molecule has 0 unspecified atom stereocenters. The highest BCUT2D eigenvalue weighted by molar-refractivity contribution is 7.88. The van der Waals surface area contributed by atoms with E-state index in [1.807, 2.05) is 20.8 Å². The maximum Gasteiger partial charge on any atom is 0.209 e. The van der Waals surface area contributed by atoms with Gasteiger partial charge in [-0.25, -0.2) is 23.1 Å². The summed E-state index contributed by atoms with van der Waals surface area (Å²) in [4.78, 5) is 8.41. The number of anilines is 2. The average Bonchev–Trinajstić information content (AvgIpc) is 2.33. The summed E-state index contributed by atoms with van der Waals surface area (Å²) in [5.74, 6) is 1.50. The van der Waals surface area contributed by atoms with Crippen LogP contribution in [0, 0.1) is 6.92 Å². The van der Waals surface area contributed by atoms with Crippen molar-refractivity contribution in [2.24, 2.45) is 0 Å². The Morgan fingerprint density at radius 2 is 1.76 bits per heavy atom. The number of hydrogen-bond donors (Lipinski definition) is 3. The fourth-order valence-electron chi connectivity index (χ4n) is 1.89. The molecule has 0 amide bonds. The molecule has 0 spiro atoms. The van der Waals surface area contributed by atoms with Gasteiger partial charge >= 0.3 is 0 Å². The van der Waals surface area contributed by atoms with Crippen LogP contribution in [-0.4, -0.2) is 43.3 Å². The van der Waals surface area contributed by atoms with E-state index in [9.17, 15) is 8.42 Å². The highest BCUT2D eigenvalue weighted by Gasteiger charge is 2.22. The Morgan fingerprint density at radius 3 is 2.29 bits per heavy atom. The Balaban J connectivity index is 2.75. The number of nitrogens with zero attached hydrogens (tertiary/aromatic N) is 2. The van der Waals surface area contributed by atoms with Crippen LogP contribution >= 0.6 is 0 Å². The maximum atomic E-state index is 11.3. The second kappa shape index (κ2) is 7.04. The molecule has 3 N–H and O–H groups in total. The summed E-state index contributed by atoms with van der Waals surface area (Å²) in [6.07, 6.45) is 3.65. The largest absolute Gasteiger partial charge is 0.370 e. The molecule has 0 aromatic carbocycles. The molecule has 1 aromatic heterocycles. The Kier molecular flexibility index (Phi) is 5.91. The van der Waals surface area contributed by atoms with E-state index in [0.29, 0.717) is 12.4 Å². The van der Waals surface area contributed by atoms with Crippen molar-refractivity contribution in [2.75, 3.05) is 30.0 Å². The summed E-state index contributed by atoms with van der Waals surface area (Å²) in [5.41, 5.74) is 0.309. The normalized spacial score (nSPS) is 12.2. The van der Waals surface area contributed by atoms with Gasteiger partial charge in [-0.15, -0.1) is 0 Å². The third-order valence-electron chi connectivity index (χ3n) is 2.79. The van der Waals surface area contributed by atoms with Gasteiger partial charge in [-0.3, -0.25) is 0 Å². The molecule has 1 aromatic rings. The first kappa shape index (κ1) is 17.6. The van der Waals surface area contributed by atoms with Crippen molar-refractivity contribution in [3.05, 3.63) is 11.9 Å². The molecule has 0 radical (unpaired) electrons. The van der Waals surface area contributed by atoms with Crippen LogP contribution in [0.4, 0.5) is 11.6 Å². The Hall–Kier alpha value is -1.41. The van der Waals surface area contributed by atoms with Gasteiger partial charge in [-0.1, -0.05) is 6.92 Å². The van der Waals surface area contributed by atoms with Crippen LogP contribution < -0.4 is 15.4 Å². The van der Waals surface area contributed by atoms with Gasteiger partial charge in [0.1, 0.15) is 18.0 Å². The third kappa shape index (κ3) is 6.26. The van der Waals surface area contributed by atoms with Crippen molar-refractivity contribution in [1.82, 2.24) is 14.7 Å². The van der Waals surface area contributed by atoms with Crippen molar-refractivity contribution < 1.29 is 8.42 Å². The first-order valence-electron chi connectivity index (χ1n) is 6.93. The lowest BCUT2D eigenvalue weighted by Gasteiger charge is -2.26. The van der Waals surface area contributed by atoms with Crippen molar-refractivity contribution in [3.8, 4) is 0 Å². The topological polar surface area (TPSA) is 96.0 Å². The minimum Gasteiger partial charge on any atom is -0.370 e.